The van der Waals surface area contributed by atoms with Crippen molar-refractivity contribution in [2.24, 2.45) is 0 Å². The third kappa shape index (κ3) is 1.99. The van der Waals surface area contributed by atoms with E-state index in [1.807, 2.05) is 0 Å². The lowest BCUT2D eigenvalue weighted by atomic mass is 10.2. The average molecular weight is 211 g/mol. The minimum absolute atomic E-state index is 0.526. The minimum atomic E-state index is -4.89. The summed E-state index contributed by atoms with van der Waals surface area (Å²) in [5.74, 6) is -0.705. The number of halogens is 3. The lowest BCUT2D eigenvalue weighted by molar-refractivity contribution is -0.389. The molecule has 0 amide bonds. The van der Waals surface area contributed by atoms with Crippen molar-refractivity contribution in [3.05, 3.63) is 21.9 Å². The van der Waals surface area contributed by atoms with E-state index in [9.17, 15) is 23.3 Å². The van der Waals surface area contributed by atoms with Gasteiger partial charge in [0.05, 0.1) is 6.07 Å². The van der Waals surface area contributed by atoms with Gasteiger partial charge in [-0.25, -0.2) is 0 Å². The van der Waals surface area contributed by atoms with Gasteiger partial charge in [0.2, 0.25) is 0 Å². The van der Waals surface area contributed by atoms with Gasteiger partial charge in [-0.15, -0.1) is 5.10 Å². The average Bonchev–Trinajstić information content (AvgIpc) is 2.48. The number of H-pyrrole nitrogens is 1. The fraction of sp³-hybridized carbons (Fsp3) is 0.400. The first-order chi connectivity index (χ1) is 6.32. The van der Waals surface area contributed by atoms with E-state index >= 15 is 0 Å². The molecule has 1 heterocycles. The van der Waals surface area contributed by atoms with Crippen molar-refractivity contribution in [2.75, 3.05) is 0 Å². The van der Waals surface area contributed by atoms with Gasteiger partial charge in [0.1, 0.15) is 5.69 Å². The second kappa shape index (κ2) is 3.25. The molecule has 14 heavy (non-hydrogen) atoms. The Labute approximate surface area is 74.5 Å². The monoisotopic (exact) mass is 211 g/mol. The van der Waals surface area contributed by atoms with Crippen molar-refractivity contribution in [1.82, 2.24) is 10.2 Å². The van der Waals surface area contributed by atoms with Crippen molar-refractivity contribution in [3.63, 3.8) is 0 Å². The summed E-state index contributed by atoms with van der Waals surface area (Å²) in [5.41, 5.74) is -0.829. The molecular weight excluding hydrogens is 207 g/mol. The highest BCUT2D eigenvalue weighted by Gasteiger charge is 2.42. The van der Waals surface area contributed by atoms with Crippen LogP contribution in [-0.4, -0.2) is 26.4 Å². The van der Waals surface area contributed by atoms with Crippen LogP contribution in [0, 0.1) is 10.1 Å². The summed E-state index contributed by atoms with van der Waals surface area (Å²) in [6.45, 7) is 0. The zero-order valence-electron chi connectivity index (χ0n) is 6.45. The standard InChI is InChI=1S/C5H4F3N3O3/c6-5(7,8)4(12)2-1-3(10-9-2)11(13)14/h1,4,12H,(H,9,10). The summed E-state index contributed by atoms with van der Waals surface area (Å²) in [4.78, 5) is 9.11. The summed E-state index contributed by atoms with van der Waals surface area (Å²) < 4.78 is 35.6. The van der Waals surface area contributed by atoms with Crippen LogP contribution in [0.2, 0.25) is 0 Å². The first-order valence-corrected chi connectivity index (χ1v) is 3.27. The Morgan fingerprint density at radius 3 is 2.57 bits per heavy atom. The molecular formula is C5H4F3N3O3. The topological polar surface area (TPSA) is 92.1 Å². The molecule has 0 aliphatic heterocycles. The quantitative estimate of drug-likeness (QED) is 0.561. The number of aliphatic hydroxyl groups excluding tert-OH is 1. The van der Waals surface area contributed by atoms with Crippen LogP contribution >= 0.6 is 0 Å². The van der Waals surface area contributed by atoms with Gasteiger partial charge in [0, 0.05) is 0 Å². The molecule has 2 N–H and O–H groups in total. The van der Waals surface area contributed by atoms with E-state index in [0.717, 1.165) is 0 Å². The number of aromatic nitrogens is 2. The number of aliphatic hydroxyl groups is 1. The molecule has 1 aromatic heterocycles. The number of nitrogens with one attached hydrogen (secondary N) is 1. The zero-order valence-corrected chi connectivity index (χ0v) is 6.45. The fourth-order valence-corrected chi connectivity index (χ4v) is 0.728. The van der Waals surface area contributed by atoms with E-state index in [1.54, 1.807) is 5.10 Å². The number of nitrogens with zero attached hydrogens (tertiary/aromatic N) is 2. The Kier molecular flexibility index (Phi) is 2.43. The Balaban J connectivity index is 2.92. The smallest absolute Gasteiger partial charge is 0.378 e. The van der Waals surface area contributed by atoms with E-state index in [2.05, 4.69) is 5.10 Å². The van der Waals surface area contributed by atoms with Crippen LogP contribution in [0.15, 0.2) is 6.07 Å². The molecule has 0 bridgehead atoms. The summed E-state index contributed by atoms with van der Waals surface area (Å²) in [6.07, 6.45) is -7.70. The highest BCUT2D eigenvalue weighted by molar-refractivity contribution is 5.22. The molecule has 1 rings (SSSR count). The zero-order chi connectivity index (χ0) is 10.9. The van der Waals surface area contributed by atoms with Gasteiger partial charge in [0.15, 0.2) is 6.10 Å². The summed E-state index contributed by atoms with van der Waals surface area (Å²) in [5, 5.41) is 23.4. The molecule has 78 valence electrons. The number of aromatic amines is 1. The number of rotatable bonds is 2. The van der Waals surface area contributed by atoms with Crippen molar-refractivity contribution >= 4 is 5.82 Å². The molecule has 9 heteroatoms. The minimum Gasteiger partial charge on any atom is -0.378 e. The van der Waals surface area contributed by atoms with Crippen LogP contribution in [0.4, 0.5) is 19.0 Å². The Bertz CT molecular complexity index is 347. The van der Waals surface area contributed by atoms with Gasteiger partial charge < -0.3 is 15.2 Å². The predicted molar refractivity (Wildman–Crippen MR) is 36.3 cm³/mol. The lowest BCUT2D eigenvalue weighted by Gasteiger charge is -2.09. The second-order valence-electron chi connectivity index (χ2n) is 2.38. The molecule has 0 fully saturated rings. The normalized spacial score (nSPS) is 14.0. The van der Waals surface area contributed by atoms with Crippen molar-refractivity contribution < 1.29 is 23.2 Å². The SMILES string of the molecule is O=[N+]([O-])c1cc(C(O)C(F)(F)F)n[nH]1. The van der Waals surface area contributed by atoms with E-state index in [4.69, 9.17) is 5.11 Å². The van der Waals surface area contributed by atoms with Crippen molar-refractivity contribution in [1.29, 1.82) is 0 Å². The molecule has 0 radical (unpaired) electrons. The van der Waals surface area contributed by atoms with Gasteiger partial charge in [-0.1, -0.05) is 5.10 Å². The molecule has 0 aliphatic rings. The molecule has 1 unspecified atom stereocenters. The summed E-state index contributed by atoms with van der Waals surface area (Å²) >= 11 is 0. The van der Waals surface area contributed by atoms with Gasteiger partial charge in [-0.05, 0) is 4.92 Å². The highest BCUT2D eigenvalue weighted by atomic mass is 19.4. The maximum Gasteiger partial charge on any atom is 0.420 e. The maximum absolute atomic E-state index is 11.9. The van der Waals surface area contributed by atoms with Crippen molar-refractivity contribution in [3.8, 4) is 0 Å². The molecule has 1 aromatic rings. The van der Waals surface area contributed by atoms with Crippen LogP contribution in [-0.2, 0) is 0 Å². The number of alkyl halides is 3. The number of nitro groups is 1. The van der Waals surface area contributed by atoms with Crippen molar-refractivity contribution in [2.45, 2.75) is 12.3 Å². The molecule has 0 spiro atoms. The predicted octanol–water partition coefficient (Wildman–Crippen LogP) is 0.914. The maximum atomic E-state index is 11.9. The molecule has 0 saturated carbocycles. The summed E-state index contributed by atoms with van der Waals surface area (Å²) in [6, 6.07) is 0.526. The lowest BCUT2D eigenvalue weighted by Crippen LogP contribution is -2.20. The van der Waals surface area contributed by atoms with Crippen LogP contribution in [0.5, 0.6) is 0 Å². The van der Waals surface area contributed by atoms with E-state index < -0.39 is 28.7 Å². The number of hydrogen-bond acceptors (Lipinski definition) is 4. The fourth-order valence-electron chi connectivity index (χ4n) is 0.728. The van der Waals surface area contributed by atoms with Crippen LogP contribution in [0.3, 0.4) is 0 Å². The van der Waals surface area contributed by atoms with Gasteiger partial charge in [0.25, 0.3) is 0 Å². The van der Waals surface area contributed by atoms with E-state index in [-0.39, 0.29) is 0 Å². The van der Waals surface area contributed by atoms with Crippen LogP contribution < -0.4 is 0 Å². The number of hydrogen-bond donors (Lipinski definition) is 2. The van der Waals surface area contributed by atoms with E-state index in [0.29, 0.717) is 6.07 Å². The third-order valence-corrected chi connectivity index (χ3v) is 1.37. The molecule has 1 atom stereocenters. The van der Waals surface area contributed by atoms with Crippen LogP contribution in [0.25, 0.3) is 0 Å². The largest absolute Gasteiger partial charge is 0.420 e. The van der Waals surface area contributed by atoms with Gasteiger partial charge >= 0.3 is 12.0 Å². The highest BCUT2D eigenvalue weighted by Crippen LogP contribution is 2.32. The second-order valence-corrected chi connectivity index (χ2v) is 2.38. The first kappa shape index (κ1) is 10.4. The summed E-state index contributed by atoms with van der Waals surface area (Å²) in [7, 11) is 0. The third-order valence-electron chi connectivity index (χ3n) is 1.37. The Hall–Kier alpha value is -1.64. The molecule has 6 nitrogen and oxygen atoms in total. The molecule has 0 aliphatic carbocycles. The van der Waals surface area contributed by atoms with Crippen LogP contribution in [0.1, 0.15) is 11.8 Å². The van der Waals surface area contributed by atoms with E-state index in [1.165, 1.54) is 0 Å². The molecule has 0 aromatic carbocycles. The molecule has 0 saturated heterocycles. The van der Waals surface area contributed by atoms with Gasteiger partial charge in [-0.2, -0.15) is 13.2 Å². The Morgan fingerprint density at radius 2 is 2.21 bits per heavy atom. The first-order valence-electron chi connectivity index (χ1n) is 3.27. The Morgan fingerprint density at radius 1 is 1.64 bits per heavy atom. The van der Waals surface area contributed by atoms with Gasteiger partial charge in [-0.3, -0.25) is 0 Å².